The van der Waals surface area contributed by atoms with E-state index in [-0.39, 0.29) is 18.2 Å². The maximum absolute atomic E-state index is 13.2. The third-order valence-corrected chi connectivity index (χ3v) is 5.93. The Morgan fingerprint density at radius 1 is 0.972 bits per heavy atom. The highest BCUT2D eigenvalue weighted by atomic mass is 16.5. The second-order valence-corrected chi connectivity index (χ2v) is 8.65. The average molecular weight is 483 g/mol. The lowest BCUT2D eigenvalue weighted by atomic mass is 10.0. The summed E-state index contributed by atoms with van der Waals surface area (Å²) in [5, 5.41) is 10.7. The number of carbonyl (C=O) groups is 2. The van der Waals surface area contributed by atoms with Crippen LogP contribution in [0, 0.1) is 6.92 Å². The van der Waals surface area contributed by atoms with Crippen LogP contribution in [-0.4, -0.2) is 28.7 Å². The van der Waals surface area contributed by atoms with E-state index in [2.05, 4.69) is 10.6 Å². The van der Waals surface area contributed by atoms with Gasteiger partial charge in [-0.1, -0.05) is 66.7 Å². The van der Waals surface area contributed by atoms with Gasteiger partial charge in [-0.3, -0.25) is 9.59 Å². The van der Waals surface area contributed by atoms with E-state index < -0.39 is 6.04 Å². The first-order chi connectivity index (χ1) is 17.4. The number of aryl methyl sites for hydroxylation is 1. The Balaban J connectivity index is 1.59. The van der Waals surface area contributed by atoms with E-state index in [0.29, 0.717) is 18.1 Å². The van der Waals surface area contributed by atoms with Crippen LogP contribution < -0.4 is 15.4 Å². The molecule has 4 aromatic rings. The molecular weight excluding hydrogens is 452 g/mol. The number of anilines is 1. The summed E-state index contributed by atoms with van der Waals surface area (Å²) in [6.45, 7) is 3.99. The Bertz CT molecular complexity index is 1330. The quantitative estimate of drug-likeness (QED) is 0.347. The molecule has 1 heterocycles. The topological polar surface area (TPSA) is 85.2 Å². The molecule has 184 valence electrons. The molecule has 0 bridgehead atoms. The molecule has 7 heteroatoms. The standard InChI is InChI=1S/C29H30N4O3/c1-20-9-7-8-12-25(20)27-17-28(33(32-27)19-22-10-5-4-6-11-22)31-29(35)18-26(30-21(2)34)23-13-15-24(36-3)16-14-23/h4-17,26H,18-19H2,1-3H3,(H,30,34)(H,31,35). The van der Waals surface area contributed by atoms with Crippen molar-refractivity contribution in [1.82, 2.24) is 15.1 Å². The van der Waals surface area contributed by atoms with Gasteiger partial charge >= 0.3 is 0 Å². The van der Waals surface area contributed by atoms with Crippen LogP contribution in [0.15, 0.2) is 84.9 Å². The predicted octanol–water partition coefficient (Wildman–Crippen LogP) is 5.12. The predicted molar refractivity (Wildman–Crippen MR) is 141 cm³/mol. The van der Waals surface area contributed by atoms with Crippen LogP contribution in [-0.2, 0) is 16.1 Å². The highest BCUT2D eigenvalue weighted by molar-refractivity contribution is 5.91. The van der Waals surface area contributed by atoms with Gasteiger partial charge in [-0.25, -0.2) is 4.68 Å². The number of methoxy groups -OCH3 is 1. The molecule has 3 aromatic carbocycles. The normalized spacial score (nSPS) is 11.5. The summed E-state index contributed by atoms with van der Waals surface area (Å²) in [7, 11) is 1.59. The number of hydrogen-bond acceptors (Lipinski definition) is 4. The maximum Gasteiger partial charge on any atom is 0.227 e. The molecule has 0 fully saturated rings. The van der Waals surface area contributed by atoms with E-state index >= 15 is 0 Å². The molecule has 7 nitrogen and oxygen atoms in total. The van der Waals surface area contributed by atoms with Crippen LogP contribution in [0.3, 0.4) is 0 Å². The molecule has 36 heavy (non-hydrogen) atoms. The molecule has 1 aromatic heterocycles. The van der Waals surface area contributed by atoms with Crippen molar-refractivity contribution >= 4 is 17.6 Å². The summed E-state index contributed by atoms with van der Waals surface area (Å²) in [5.74, 6) is 0.867. The number of aromatic nitrogens is 2. The first-order valence-corrected chi connectivity index (χ1v) is 11.8. The smallest absolute Gasteiger partial charge is 0.227 e. The van der Waals surface area contributed by atoms with Crippen LogP contribution in [0.4, 0.5) is 5.82 Å². The number of ether oxygens (including phenoxy) is 1. The van der Waals surface area contributed by atoms with Crippen molar-refractivity contribution in [3.05, 3.63) is 102 Å². The van der Waals surface area contributed by atoms with Crippen molar-refractivity contribution in [2.75, 3.05) is 12.4 Å². The number of rotatable bonds is 9. The zero-order valence-electron chi connectivity index (χ0n) is 20.7. The minimum atomic E-state index is -0.477. The van der Waals surface area contributed by atoms with Gasteiger partial charge in [0.25, 0.3) is 0 Å². The summed E-state index contributed by atoms with van der Waals surface area (Å²) >= 11 is 0. The second kappa shape index (κ2) is 11.4. The van der Waals surface area contributed by atoms with E-state index in [1.54, 1.807) is 11.8 Å². The monoisotopic (exact) mass is 482 g/mol. The molecule has 2 N–H and O–H groups in total. The van der Waals surface area contributed by atoms with Crippen LogP contribution in [0.25, 0.3) is 11.3 Å². The number of nitrogens with zero attached hydrogens (tertiary/aromatic N) is 2. The molecule has 4 rings (SSSR count). The summed E-state index contributed by atoms with van der Waals surface area (Å²) in [6.07, 6.45) is 0.0716. The molecule has 2 amide bonds. The molecule has 0 aliphatic heterocycles. The fourth-order valence-electron chi connectivity index (χ4n) is 4.10. The van der Waals surface area contributed by atoms with Gasteiger partial charge in [0.15, 0.2) is 0 Å². The Morgan fingerprint density at radius 2 is 1.67 bits per heavy atom. The van der Waals surface area contributed by atoms with Crippen molar-refractivity contribution in [2.45, 2.75) is 32.9 Å². The fraction of sp³-hybridized carbons (Fsp3) is 0.207. The van der Waals surface area contributed by atoms with Crippen molar-refractivity contribution in [2.24, 2.45) is 0 Å². The molecule has 1 unspecified atom stereocenters. The minimum Gasteiger partial charge on any atom is -0.497 e. The zero-order chi connectivity index (χ0) is 25.5. The number of hydrogen-bond donors (Lipinski definition) is 2. The lowest BCUT2D eigenvalue weighted by Crippen LogP contribution is -2.30. The molecule has 0 spiro atoms. The fourth-order valence-corrected chi connectivity index (χ4v) is 4.10. The van der Waals surface area contributed by atoms with Gasteiger partial charge in [0.05, 0.1) is 31.8 Å². The van der Waals surface area contributed by atoms with Crippen LogP contribution in [0.2, 0.25) is 0 Å². The van der Waals surface area contributed by atoms with Crippen LogP contribution >= 0.6 is 0 Å². The van der Waals surface area contributed by atoms with Gasteiger partial charge in [-0.15, -0.1) is 0 Å². The molecule has 0 aliphatic rings. The van der Waals surface area contributed by atoms with Gasteiger partial charge in [0, 0.05) is 18.6 Å². The molecule has 1 atom stereocenters. The van der Waals surface area contributed by atoms with Crippen molar-refractivity contribution < 1.29 is 14.3 Å². The lowest BCUT2D eigenvalue weighted by molar-refractivity contribution is -0.120. The van der Waals surface area contributed by atoms with Gasteiger partial charge in [-0.05, 0) is 35.7 Å². The van der Waals surface area contributed by atoms with E-state index in [4.69, 9.17) is 9.84 Å². The van der Waals surface area contributed by atoms with E-state index in [9.17, 15) is 9.59 Å². The largest absolute Gasteiger partial charge is 0.497 e. The van der Waals surface area contributed by atoms with Crippen molar-refractivity contribution in [1.29, 1.82) is 0 Å². The van der Waals surface area contributed by atoms with Gasteiger partial charge in [0.2, 0.25) is 11.8 Å². The number of nitrogens with one attached hydrogen (secondary N) is 2. The molecule has 0 saturated heterocycles. The third kappa shape index (κ3) is 6.18. The van der Waals surface area contributed by atoms with Crippen LogP contribution in [0.5, 0.6) is 5.75 Å². The Kier molecular flexibility index (Phi) is 7.80. The van der Waals surface area contributed by atoms with Crippen molar-refractivity contribution in [3.8, 4) is 17.0 Å². The lowest BCUT2D eigenvalue weighted by Gasteiger charge is -2.18. The molecular formula is C29H30N4O3. The summed E-state index contributed by atoms with van der Waals surface area (Å²) < 4.78 is 7.02. The number of benzene rings is 3. The highest BCUT2D eigenvalue weighted by Crippen LogP contribution is 2.27. The first kappa shape index (κ1) is 24.7. The minimum absolute atomic E-state index is 0.0716. The third-order valence-electron chi connectivity index (χ3n) is 5.93. The zero-order valence-corrected chi connectivity index (χ0v) is 20.7. The molecule has 0 radical (unpaired) electrons. The van der Waals surface area contributed by atoms with E-state index in [1.165, 1.54) is 6.92 Å². The average Bonchev–Trinajstić information content (AvgIpc) is 3.25. The first-order valence-electron chi connectivity index (χ1n) is 11.8. The summed E-state index contributed by atoms with van der Waals surface area (Å²) in [4.78, 5) is 25.0. The Hall–Kier alpha value is -4.39. The summed E-state index contributed by atoms with van der Waals surface area (Å²) in [6, 6.07) is 26.7. The molecule has 0 saturated carbocycles. The van der Waals surface area contributed by atoms with Gasteiger partial charge in [0.1, 0.15) is 11.6 Å². The highest BCUT2D eigenvalue weighted by Gasteiger charge is 2.20. The van der Waals surface area contributed by atoms with Crippen LogP contribution in [0.1, 0.15) is 36.1 Å². The number of amides is 2. The van der Waals surface area contributed by atoms with E-state index in [1.807, 2.05) is 91.9 Å². The van der Waals surface area contributed by atoms with E-state index in [0.717, 1.165) is 27.9 Å². The Morgan fingerprint density at radius 3 is 2.33 bits per heavy atom. The van der Waals surface area contributed by atoms with Crippen molar-refractivity contribution in [3.63, 3.8) is 0 Å². The molecule has 0 aliphatic carbocycles. The summed E-state index contributed by atoms with van der Waals surface area (Å²) in [5.41, 5.74) is 4.79. The van der Waals surface area contributed by atoms with Gasteiger partial charge < -0.3 is 15.4 Å². The Labute approximate surface area is 211 Å². The maximum atomic E-state index is 13.2. The second-order valence-electron chi connectivity index (χ2n) is 8.65. The SMILES string of the molecule is COc1ccc(C(CC(=O)Nc2cc(-c3ccccc3C)nn2Cc2ccccc2)NC(C)=O)cc1. The number of carbonyl (C=O) groups excluding carboxylic acids is 2. The van der Waals surface area contributed by atoms with Gasteiger partial charge in [-0.2, -0.15) is 5.10 Å².